The van der Waals surface area contributed by atoms with Crippen LogP contribution in [0.15, 0.2) is 18.2 Å². The van der Waals surface area contributed by atoms with Crippen LogP contribution < -0.4 is 5.32 Å². The van der Waals surface area contributed by atoms with E-state index >= 15 is 0 Å². The summed E-state index contributed by atoms with van der Waals surface area (Å²) in [6.07, 6.45) is 3.70. The largest absolute Gasteiger partial charge is 0.394 e. The Morgan fingerprint density at radius 1 is 1.52 bits per heavy atom. The first kappa shape index (κ1) is 15.3. The summed E-state index contributed by atoms with van der Waals surface area (Å²) < 4.78 is 0. The van der Waals surface area contributed by atoms with Gasteiger partial charge in [-0.15, -0.1) is 0 Å². The van der Waals surface area contributed by atoms with Gasteiger partial charge in [-0.1, -0.05) is 6.92 Å². The fourth-order valence-electron chi connectivity index (χ4n) is 2.80. The summed E-state index contributed by atoms with van der Waals surface area (Å²) >= 11 is 0. The number of benzene rings is 1. The predicted molar refractivity (Wildman–Crippen MR) is 78.9 cm³/mol. The lowest BCUT2D eigenvalue weighted by atomic mass is 9.77. The number of nitriles is 1. The Morgan fingerprint density at radius 3 is 2.71 bits per heavy atom. The Morgan fingerprint density at radius 2 is 2.19 bits per heavy atom. The lowest BCUT2D eigenvalue weighted by Crippen LogP contribution is -2.45. The van der Waals surface area contributed by atoms with Crippen molar-refractivity contribution in [3.63, 3.8) is 0 Å². The van der Waals surface area contributed by atoms with Crippen LogP contribution >= 0.6 is 0 Å². The van der Waals surface area contributed by atoms with Gasteiger partial charge in [0, 0.05) is 11.8 Å². The first-order chi connectivity index (χ1) is 9.99. The maximum atomic E-state index is 11.0. The van der Waals surface area contributed by atoms with E-state index in [1.807, 2.05) is 6.07 Å². The third-order valence-electron chi connectivity index (χ3n) is 4.26. The molecule has 0 atom stereocenters. The molecule has 1 aliphatic rings. The van der Waals surface area contributed by atoms with Gasteiger partial charge in [0.2, 0.25) is 0 Å². The molecule has 6 heteroatoms. The van der Waals surface area contributed by atoms with Crippen molar-refractivity contribution < 1.29 is 10.0 Å². The molecule has 0 aliphatic heterocycles. The number of hydrogen-bond donors (Lipinski definition) is 2. The van der Waals surface area contributed by atoms with Gasteiger partial charge in [-0.05, 0) is 43.7 Å². The van der Waals surface area contributed by atoms with E-state index in [1.54, 1.807) is 6.07 Å². The van der Waals surface area contributed by atoms with Crippen molar-refractivity contribution in [2.24, 2.45) is 5.92 Å². The highest BCUT2D eigenvalue weighted by molar-refractivity contribution is 5.60. The van der Waals surface area contributed by atoms with E-state index in [2.05, 4.69) is 12.2 Å². The van der Waals surface area contributed by atoms with Crippen molar-refractivity contribution in [1.29, 1.82) is 5.26 Å². The Hall–Kier alpha value is -2.13. The number of rotatable bonds is 4. The molecule has 1 aromatic rings. The Bertz CT molecular complexity index is 572. The molecule has 2 rings (SSSR count). The quantitative estimate of drug-likeness (QED) is 0.656. The number of aliphatic hydroxyl groups is 1. The van der Waals surface area contributed by atoms with Gasteiger partial charge in [0.1, 0.15) is 11.6 Å². The molecular formula is C15H19N3O3. The van der Waals surface area contributed by atoms with Crippen LogP contribution in [0.3, 0.4) is 0 Å². The van der Waals surface area contributed by atoms with E-state index in [0.29, 0.717) is 11.6 Å². The highest BCUT2D eigenvalue weighted by atomic mass is 16.6. The number of nitrogens with one attached hydrogen (secondary N) is 1. The van der Waals surface area contributed by atoms with Crippen LogP contribution in [0, 0.1) is 27.4 Å². The molecule has 1 fully saturated rings. The van der Waals surface area contributed by atoms with Gasteiger partial charge in [0.15, 0.2) is 0 Å². The van der Waals surface area contributed by atoms with Gasteiger partial charge >= 0.3 is 0 Å². The third kappa shape index (κ3) is 3.31. The van der Waals surface area contributed by atoms with Crippen molar-refractivity contribution in [3.8, 4) is 6.07 Å². The van der Waals surface area contributed by atoms with E-state index in [1.165, 1.54) is 12.1 Å². The van der Waals surface area contributed by atoms with Gasteiger partial charge in [0.25, 0.3) is 5.69 Å². The van der Waals surface area contributed by atoms with E-state index in [4.69, 9.17) is 5.26 Å². The fraction of sp³-hybridized carbons (Fsp3) is 0.533. The highest BCUT2D eigenvalue weighted by Gasteiger charge is 2.33. The molecule has 0 radical (unpaired) electrons. The summed E-state index contributed by atoms with van der Waals surface area (Å²) in [5.41, 5.74) is -0.0147. The first-order valence-electron chi connectivity index (χ1n) is 7.07. The lowest BCUT2D eigenvalue weighted by Gasteiger charge is -2.39. The normalized spacial score (nSPS) is 25.1. The summed E-state index contributed by atoms with van der Waals surface area (Å²) in [4.78, 5) is 10.4. The van der Waals surface area contributed by atoms with E-state index in [9.17, 15) is 15.2 Å². The predicted octanol–water partition coefficient (Wildman–Crippen LogP) is 2.82. The molecule has 6 nitrogen and oxygen atoms in total. The molecule has 1 aromatic carbocycles. The van der Waals surface area contributed by atoms with Gasteiger partial charge in [-0.3, -0.25) is 10.1 Å². The SMILES string of the molecule is CC1CCC(CO)(Nc2ccc(C#N)c([N+](=O)[O-])c2)CC1. The second kappa shape index (κ2) is 6.10. The van der Waals surface area contributed by atoms with E-state index in [-0.39, 0.29) is 17.9 Å². The minimum absolute atomic E-state index is 0.00643. The summed E-state index contributed by atoms with van der Waals surface area (Å²) in [5, 5.41) is 32.9. The van der Waals surface area contributed by atoms with Crippen molar-refractivity contribution in [1.82, 2.24) is 0 Å². The van der Waals surface area contributed by atoms with E-state index in [0.717, 1.165) is 25.7 Å². The molecule has 2 N–H and O–H groups in total. The van der Waals surface area contributed by atoms with Crippen LogP contribution in [0.4, 0.5) is 11.4 Å². The van der Waals surface area contributed by atoms with Crippen molar-refractivity contribution in [2.75, 3.05) is 11.9 Å². The highest BCUT2D eigenvalue weighted by Crippen LogP contribution is 2.35. The molecule has 0 amide bonds. The number of nitro groups is 1. The smallest absolute Gasteiger partial charge is 0.289 e. The fourth-order valence-corrected chi connectivity index (χ4v) is 2.80. The van der Waals surface area contributed by atoms with Gasteiger partial charge in [0.05, 0.1) is 17.1 Å². The van der Waals surface area contributed by atoms with Gasteiger partial charge in [-0.2, -0.15) is 5.26 Å². The Balaban J connectivity index is 2.24. The molecule has 0 unspecified atom stereocenters. The van der Waals surface area contributed by atoms with Gasteiger partial charge < -0.3 is 10.4 Å². The zero-order valence-corrected chi connectivity index (χ0v) is 12.0. The van der Waals surface area contributed by atoms with E-state index < -0.39 is 10.5 Å². The number of hydrogen-bond acceptors (Lipinski definition) is 5. The second-order valence-corrected chi connectivity index (χ2v) is 5.85. The number of nitro benzene ring substituents is 1. The van der Waals surface area contributed by atoms with Crippen molar-refractivity contribution in [2.45, 2.75) is 38.1 Å². The maximum absolute atomic E-state index is 11.0. The summed E-state index contributed by atoms with van der Waals surface area (Å²) in [6.45, 7) is 2.18. The van der Waals surface area contributed by atoms with Crippen LogP contribution in [0.5, 0.6) is 0 Å². The van der Waals surface area contributed by atoms with Crippen molar-refractivity contribution >= 4 is 11.4 Å². The number of anilines is 1. The van der Waals surface area contributed by atoms with Gasteiger partial charge in [-0.25, -0.2) is 0 Å². The summed E-state index contributed by atoms with van der Waals surface area (Å²) in [6, 6.07) is 6.28. The molecule has 0 aromatic heterocycles. The molecular weight excluding hydrogens is 270 g/mol. The maximum Gasteiger partial charge on any atom is 0.289 e. The van der Waals surface area contributed by atoms with Crippen LogP contribution in [-0.2, 0) is 0 Å². The molecule has 1 aliphatic carbocycles. The standard InChI is InChI=1S/C15H19N3O3/c1-11-4-6-15(10-19,7-5-11)17-13-3-2-12(9-16)14(8-13)18(20)21/h2-3,8,11,17,19H,4-7,10H2,1H3. The summed E-state index contributed by atoms with van der Waals surface area (Å²) in [7, 11) is 0. The van der Waals surface area contributed by atoms with Crippen LogP contribution in [0.1, 0.15) is 38.2 Å². The molecule has 21 heavy (non-hydrogen) atoms. The number of nitrogens with zero attached hydrogens (tertiary/aromatic N) is 2. The topological polar surface area (TPSA) is 99.2 Å². The zero-order valence-electron chi connectivity index (χ0n) is 12.0. The second-order valence-electron chi connectivity index (χ2n) is 5.85. The Labute approximate surface area is 123 Å². The minimum atomic E-state index is -0.557. The Kier molecular flexibility index (Phi) is 4.43. The molecule has 0 saturated heterocycles. The van der Waals surface area contributed by atoms with Crippen molar-refractivity contribution in [3.05, 3.63) is 33.9 Å². The summed E-state index contributed by atoms with van der Waals surface area (Å²) in [5.74, 6) is 0.641. The number of aliphatic hydroxyl groups excluding tert-OH is 1. The molecule has 0 heterocycles. The molecule has 0 spiro atoms. The minimum Gasteiger partial charge on any atom is -0.394 e. The zero-order chi connectivity index (χ0) is 15.5. The third-order valence-corrected chi connectivity index (χ3v) is 4.26. The molecule has 112 valence electrons. The molecule has 1 saturated carbocycles. The monoisotopic (exact) mass is 289 g/mol. The van der Waals surface area contributed by atoms with Crippen LogP contribution in [0.25, 0.3) is 0 Å². The lowest BCUT2D eigenvalue weighted by molar-refractivity contribution is -0.385. The first-order valence-corrected chi connectivity index (χ1v) is 7.07. The average Bonchev–Trinajstić information content (AvgIpc) is 2.49. The van der Waals surface area contributed by atoms with Crippen LogP contribution in [-0.4, -0.2) is 22.2 Å². The van der Waals surface area contributed by atoms with Crippen LogP contribution in [0.2, 0.25) is 0 Å². The average molecular weight is 289 g/mol. The molecule has 0 bridgehead atoms.